The molecule has 3 heterocycles. The van der Waals surface area contributed by atoms with Gasteiger partial charge in [0.2, 0.25) is 5.95 Å². The van der Waals surface area contributed by atoms with Crippen molar-refractivity contribution in [2.45, 2.75) is 25.2 Å². The van der Waals surface area contributed by atoms with E-state index in [-0.39, 0.29) is 36.1 Å². The molecule has 0 amide bonds. The fourth-order valence-corrected chi connectivity index (χ4v) is 3.13. The number of nitrogens with zero attached hydrogens (tertiary/aromatic N) is 4. The first-order chi connectivity index (χ1) is 12.6. The van der Waals surface area contributed by atoms with Crippen LogP contribution in [0.4, 0.5) is 5.95 Å². The molecule has 2 aromatic heterocycles. The Morgan fingerprint density at radius 1 is 1.31 bits per heavy atom. The molecule has 3 N–H and O–H groups in total. The number of hydrogen-bond acceptors (Lipinski definition) is 7. The van der Waals surface area contributed by atoms with E-state index in [1.54, 1.807) is 34.9 Å². The lowest BCUT2D eigenvalue weighted by molar-refractivity contribution is -0.0207. The number of anilines is 1. The van der Waals surface area contributed by atoms with Crippen LogP contribution in [0.25, 0.3) is 11.2 Å². The maximum absolute atomic E-state index is 12.8. The molecule has 4 rings (SSSR count). The smallest absolute Gasteiger partial charge is 0.290 e. The van der Waals surface area contributed by atoms with Gasteiger partial charge in [-0.25, -0.2) is 9.55 Å². The van der Waals surface area contributed by atoms with Gasteiger partial charge >= 0.3 is 0 Å². The first-order valence-corrected chi connectivity index (χ1v) is 8.21. The molecule has 1 aliphatic rings. The van der Waals surface area contributed by atoms with Crippen LogP contribution in [-0.2, 0) is 4.74 Å². The molecular weight excluding hydrogens is 338 g/mol. The molecule has 1 aromatic carbocycles. The summed E-state index contributed by atoms with van der Waals surface area (Å²) in [5.74, 6) is -0.774. The molecule has 9 nitrogen and oxygen atoms in total. The van der Waals surface area contributed by atoms with Crippen LogP contribution in [0.15, 0.2) is 41.5 Å². The fraction of sp³-hybridized carbons (Fsp3) is 0.294. The van der Waals surface area contributed by atoms with Gasteiger partial charge in [-0.15, -0.1) is 0 Å². The Bertz CT molecular complexity index is 1030. The van der Waals surface area contributed by atoms with Crippen LogP contribution in [0.2, 0.25) is 0 Å². The predicted molar refractivity (Wildman–Crippen MR) is 92.6 cm³/mol. The van der Waals surface area contributed by atoms with Crippen molar-refractivity contribution < 1.29 is 14.6 Å². The summed E-state index contributed by atoms with van der Waals surface area (Å²) in [6.45, 7) is -0.0723. The van der Waals surface area contributed by atoms with Crippen molar-refractivity contribution in [3.63, 3.8) is 0 Å². The predicted octanol–water partition coefficient (Wildman–Crippen LogP) is 0.534. The summed E-state index contributed by atoms with van der Waals surface area (Å²) in [5.41, 5.74) is 5.91. The van der Waals surface area contributed by atoms with Crippen LogP contribution in [0.5, 0.6) is 0 Å². The number of ether oxygens (including phenoxy) is 1. The van der Waals surface area contributed by atoms with E-state index in [9.17, 15) is 14.7 Å². The second kappa shape index (κ2) is 6.36. The van der Waals surface area contributed by atoms with Crippen molar-refractivity contribution in [2.75, 3.05) is 12.3 Å². The zero-order chi connectivity index (χ0) is 18.3. The Labute approximate surface area is 147 Å². The molecule has 0 radical (unpaired) electrons. The number of aromatic nitrogens is 4. The molecule has 1 saturated heterocycles. The molecule has 0 saturated carbocycles. The fourth-order valence-electron chi connectivity index (χ4n) is 3.13. The largest absolute Gasteiger partial charge is 0.394 e. The second-order valence-corrected chi connectivity index (χ2v) is 6.08. The maximum Gasteiger partial charge on any atom is 0.290 e. The number of carbonyl (C=O) groups excluding carboxylic acids is 1. The first kappa shape index (κ1) is 16.4. The number of nitrogens with two attached hydrogens (primary N) is 1. The number of benzene rings is 1. The minimum atomic E-state index is -0.628. The van der Waals surface area contributed by atoms with Crippen LogP contribution >= 0.6 is 0 Å². The van der Waals surface area contributed by atoms with Gasteiger partial charge in [-0.1, -0.05) is 18.2 Å². The van der Waals surface area contributed by atoms with Crippen LogP contribution in [0.1, 0.15) is 29.4 Å². The van der Waals surface area contributed by atoms with Gasteiger partial charge in [0.25, 0.3) is 11.5 Å². The molecule has 0 spiro atoms. The maximum atomic E-state index is 12.8. The van der Waals surface area contributed by atoms with Crippen molar-refractivity contribution in [3.05, 3.63) is 52.6 Å². The van der Waals surface area contributed by atoms with Gasteiger partial charge in [-0.3, -0.25) is 14.2 Å². The van der Waals surface area contributed by atoms with Gasteiger partial charge in [-0.05, 0) is 25.0 Å². The van der Waals surface area contributed by atoms with Gasteiger partial charge in [0.15, 0.2) is 11.2 Å². The number of aliphatic hydroxyl groups excluding tert-OH is 1. The Balaban J connectivity index is 1.79. The Morgan fingerprint density at radius 3 is 2.77 bits per heavy atom. The van der Waals surface area contributed by atoms with Crippen LogP contribution in [0, 0.1) is 0 Å². The van der Waals surface area contributed by atoms with Gasteiger partial charge in [0, 0.05) is 5.56 Å². The van der Waals surface area contributed by atoms with Crippen molar-refractivity contribution in [1.29, 1.82) is 0 Å². The minimum absolute atomic E-state index is 0.0412. The third kappa shape index (κ3) is 2.57. The zero-order valence-electron chi connectivity index (χ0n) is 13.8. The summed E-state index contributed by atoms with van der Waals surface area (Å²) in [4.78, 5) is 33.7. The summed E-state index contributed by atoms with van der Waals surface area (Å²) >= 11 is 0. The molecule has 134 valence electrons. The summed E-state index contributed by atoms with van der Waals surface area (Å²) in [7, 11) is 0. The van der Waals surface area contributed by atoms with Gasteiger partial charge in [0.05, 0.1) is 19.0 Å². The third-order valence-electron chi connectivity index (χ3n) is 4.45. The summed E-state index contributed by atoms with van der Waals surface area (Å²) in [6, 6.07) is 8.36. The van der Waals surface area contributed by atoms with E-state index in [1.165, 1.54) is 6.33 Å². The van der Waals surface area contributed by atoms with Gasteiger partial charge < -0.3 is 15.6 Å². The molecule has 9 heteroatoms. The summed E-state index contributed by atoms with van der Waals surface area (Å²) in [6.07, 6.45) is 2.16. The monoisotopic (exact) mass is 355 g/mol. The number of rotatable bonds is 3. The van der Waals surface area contributed by atoms with Crippen molar-refractivity contribution in [3.8, 4) is 0 Å². The molecule has 0 bridgehead atoms. The lowest BCUT2D eigenvalue weighted by Gasteiger charge is -2.14. The molecule has 1 fully saturated rings. The summed E-state index contributed by atoms with van der Waals surface area (Å²) in [5, 5.41) is 9.21. The first-order valence-electron chi connectivity index (χ1n) is 8.21. The summed E-state index contributed by atoms with van der Waals surface area (Å²) < 4.78 is 8.14. The Kier molecular flexibility index (Phi) is 4.02. The quantitative estimate of drug-likeness (QED) is 0.702. The van der Waals surface area contributed by atoms with Crippen LogP contribution in [0.3, 0.4) is 0 Å². The third-order valence-corrected chi connectivity index (χ3v) is 4.45. The zero-order valence-corrected chi connectivity index (χ0v) is 13.8. The van der Waals surface area contributed by atoms with Gasteiger partial charge in [0.1, 0.15) is 6.23 Å². The van der Waals surface area contributed by atoms with Crippen molar-refractivity contribution in [1.82, 2.24) is 19.1 Å². The SMILES string of the molecule is Nc1nc2c(ncn2[C@@H]2CC[C@H](CO)O2)c(=O)n1C(=O)c1ccccc1. The van der Waals surface area contributed by atoms with Crippen molar-refractivity contribution in [2.24, 2.45) is 0 Å². The van der Waals surface area contributed by atoms with Crippen molar-refractivity contribution >= 4 is 23.0 Å². The number of fused-ring (bicyclic) bond motifs is 1. The Hall–Kier alpha value is -3.04. The van der Waals surface area contributed by atoms with Crippen LogP contribution < -0.4 is 11.3 Å². The molecule has 2 atom stereocenters. The standard InChI is InChI=1S/C17H17N5O4/c18-17-20-14-13(19-9-21(14)12-7-6-11(8-23)26-12)16(25)22(17)15(24)10-4-2-1-3-5-10/h1-5,9,11-12,23H,6-8H2,(H2,18,20)/t11-,12+/m1/s1. The molecule has 26 heavy (non-hydrogen) atoms. The molecular formula is C17H17N5O4. The van der Waals surface area contributed by atoms with Gasteiger partial charge in [-0.2, -0.15) is 4.98 Å². The molecule has 3 aromatic rings. The highest BCUT2D eigenvalue weighted by Crippen LogP contribution is 2.29. The molecule has 0 unspecified atom stereocenters. The number of carbonyl (C=O) groups is 1. The van der Waals surface area contributed by atoms with E-state index < -0.39 is 11.5 Å². The van der Waals surface area contributed by atoms with E-state index in [2.05, 4.69) is 9.97 Å². The molecule has 1 aliphatic heterocycles. The number of hydrogen-bond donors (Lipinski definition) is 2. The lowest BCUT2D eigenvalue weighted by atomic mass is 10.2. The highest BCUT2D eigenvalue weighted by Gasteiger charge is 2.29. The molecule has 0 aliphatic carbocycles. The number of aliphatic hydroxyl groups is 1. The number of nitrogen functional groups attached to an aromatic ring is 1. The van der Waals surface area contributed by atoms with Crippen LogP contribution in [-0.4, -0.2) is 42.8 Å². The topological polar surface area (TPSA) is 125 Å². The van der Waals surface area contributed by atoms with E-state index in [4.69, 9.17) is 10.5 Å². The van der Waals surface area contributed by atoms with E-state index in [0.717, 1.165) is 4.57 Å². The second-order valence-electron chi connectivity index (χ2n) is 6.08. The number of imidazole rings is 1. The van der Waals surface area contributed by atoms with E-state index >= 15 is 0 Å². The minimum Gasteiger partial charge on any atom is -0.394 e. The highest BCUT2D eigenvalue weighted by atomic mass is 16.5. The Morgan fingerprint density at radius 2 is 2.08 bits per heavy atom. The highest BCUT2D eigenvalue weighted by molar-refractivity contribution is 5.98. The average Bonchev–Trinajstić information content (AvgIpc) is 3.28. The normalized spacial score (nSPS) is 19.9. The average molecular weight is 355 g/mol. The lowest BCUT2D eigenvalue weighted by Crippen LogP contribution is -2.31. The van der Waals surface area contributed by atoms with E-state index in [1.807, 2.05) is 0 Å². The van der Waals surface area contributed by atoms with E-state index in [0.29, 0.717) is 18.4 Å².